The van der Waals surface area contributed by atoms with Crippen molar-refractivity contribution in [2.24, 2.45) is 0 Å². The molecule has 3 N–H and O–H groups in total. The van der Waals surface area contributed by atoms with Gasteiger partial charge in [0.2, 0.25) is 5.91 Å². The Bertz CT molecular complexity index is 1650. The summed E-state index contributed by atoms with van der Waals surface area (Å²) in [6.07, 6.45) is -8.29. The van der Waals surface area contributed by atoms with E-state index in [9.17, 15) is 15.0 Å². The lowest BCUT2D eigenvalue weighted by Crippen LogP contribution is -2.68. The second-order valence-corrected chi connectivity index (χ2v) is 13.3. The van der Waals surface area contributed by atoms with E-state index in [1.165, 1.54) is 6.92 Å². The lowest BCUT2D eigenvalue weighted by Gasteiger charge is -2.49. The van der Waals surface area contributed by atoms with E-state index >= 15 is 0 Å². The first kappa shape index (κ1) is 38.7. The molecule has 11 nitrogen and oxygen atoms in total. The number of carbonyl (C=O) groups excluding carboxylic acids is 1. The summed E-state index contributed by atoms with van der Waals surface area (Å²) in [5, 5.41) is 24.4. The number of ether oxygens (including phenoxy) is 7. The van der Waals surface area contributed by atoms with Crippen LogP contribution in [0.15, 0.2) is 121 Å². The van der Waals surface area contributed by atoms with Crippen LogP contribution >= 0.6 is 0 Å². The van der Waals surface area contributed by atoms with E-state index in [0.29, 0.717) is 6.61 Å². The fourth-order valence-corrected chi connectivity index (χ4v) is 6.72. The first-order valence-electron chi connectivity index (χ1n) is 18.0. The molecule has 282 valence electrons. The Labute approximate surface area is 310 Å². The quantitative estimate of drug-likeness (QED) is 0.150. The predicted octanol–water partition coefficient (Wildman–Crippen LogP) is 4.67. The molecule has 6 rings (SSSR count). The third kappa shape index (κ3) is 10.6. The van der Waals surface area contributed by atoms with E-state index in [1.54, 1.807) is 0 Å². The molecule has 10 atom stereocenters. The summed E-state index contributed by atoms with van der Waals surface area (Å²) in [6, 6.07) is 37.9. The number of nitrogens with one attached hydrogen (secondary N) is 1. The van der Waals surface area contributed by atoms with E-state index in [-0.39, 0.29) is 19.8 Å². The minimum atomic E-state index is -1.52. The van der Waals surface area contributed by atoms with Crippen molar-refractivity contribution < 1.29 is 48.2 Å². The van der Waals surface area contributed by atoms with Crippen LogP contribution in [0.5, 0.6) is 0 Å². The van der Waals surface area contributed by atoms with Gasteiger partial charge in [-0.3, -0.25) is 4.79 Å². The van der Waals surface area contributed by atoms with Crippen molar-refractivity contribution in [3.8, 4) is 0 Å². The van der Waals surface area contributed by atoms with E-state index < -0.39 is 73.9 Å². The second kappa shape index (κ2) is 19.4. The molecule has 2 aliphatic rings. The molecule has 0 bridgehead atoms. The highest BCUT2D eigenvalue weighted by atomic mass is 16.7. The minimum Gasteiger partial charge on any atom is -0.394 e. The van der Waals surface area contributed by atoms with Crippen LogP contribution in [-0.2, 0) is 64.4 Å². The van der Waals surface area contributed by atoms with Crippen LogP contribution in [0.1, 0.15) is 36.1 Å². The lowest BCUT2D eigenvalue weighted by atomic mass is 9.95. The van der Waals surface area contributed by atoms with Gasteiger partial charge in [-0.2, -0.15) is 0 Å². The van der Waals surface area contributed by atoms with Gasteiger partial charge in [0, 0.05) is 6.92 Å². The van der Waals surface area contributed by atoms with Gasteiger partial charge in [0.25, 0.3) is 0 Å². The molecule has 11 heteroatoms. The zero-order valence-corrected chi connectivity index (χ0v) is 30.0. The molecule has 0 aromatic heterocycles. The van der Waals surface area contributed by atoms with Crippen LogP contribution in [0.4, 0.5) is 0 Å². The fraction of sp³-hybridized carbons (Fsp3) is 0.405. The standard InChI is InChI=1S/C42H49NO10/c1-28-36(47-24-30-15-7-3-8-16-30)39(49-26-32-19-11-5-12-20-32)40(50-27-33-21-13-6-14-22-33)42(51-28)53-38-35(43-29(2)45)41(46)52-34(23-44)37(38)48-25-31-17-9-4-10-18-31/h3-22,28,34-42,44,46H,23-27H2,1-2H3,(H,43,45)/t28-,34+,35+,36+,37+,38+,39+,40-,41+,42-/m0/s1. The summed E-state index contributed by atoms with van der Waals surface area (Å²) in [5.74, 6) is -0.413. The predicted molar refractivity (Wildman–Crippen MR) is 195 cm³/mol. The number of carbonyl (C=O) groups is 1. The van der Waals surface area contributed by atoms with Gasteiger partial charge in [-0.25, -0.2) is 0 Å². The number of amides is 1. The van der Waals surface area contributed by atoms with Gasteiger partial charge in [-0.1, -0.05) is 121 Å². The molecular formula is C42H49NO10. The summed E-state index contributed by atoms with van der Waals surface area (Å²) in [7, 11) is 0. The molecular weight excluding hydrogens is 678 g/mol. The Morgan fingerprint density at radius 2 is 1.02 bits per heavy atom. The highest BCUT2D eigenvalue weighted by Crippen LogP contribution is 2.35. The van der Waals surface area contributed by atoms with Crippen molar-refractivity contribution in [3.05, 3.63) is 144 Å². The number of hydrogen-bond acceptors (Lipinski definition) is 10. The average molecular weight is 728 g/mol. The normalized spacial score (nSPS) is 28.7. The van der Waals surface area contributed by atoms with Gasteiger partial charge in [0.05, 0.1) is 39.1 Å². The van der Waals surface area contributed by atoms with E-state index in [0.717, 1.165) is 22.3 Å². The Morgan fingerprint density at radius 3 is 1.45 bits per heavy atom. The zero-order chi connectivity index (χ0) is 37.0. The number of aliphatic hydroxyl groups is 2. The fourth-order valence-electron chi connectivity index (χ4n) is 6.72. The molecule has 2 heterocycles. The van der Waals surface area contributed by atoms with Gasteiger partial charge in [-0.05, 0) is 29.2 Å². The maximum Gasteiger partial charge on any atom is 0.217 e. The summed E-state index contributed by atoms with van der Waals surface area (Å²) in [4.78, 5) is 12.5. The first-order chi connectivity index (χ1) is 25.9. The number of hydrogen-bond donors (Lipinski definition) is 3. The molecule has 0 unspecified atom stereocenters. The highest BCUT2D eigenvalue weighted by molar-refractivity contribution is 5.73. The van der Waals surface area contributed by atoms with Crippen LogP contribution in [0.2, 0.25) is 0 Å². The molecule has 0 radical (unpaired) electrons. The summed E-state index contributed by atoms with van der Waals surface area (Å²) >= 11 is 0. The Morgan fingerprint density at radius 1 is 0.604 bits per heavy atom. The van der Waals surface area contributed by atoms with E-state index in [1.807, 2.05) is 128 Å². The molecule has 53 heavy (non-hydrogen) atoms. The smallest absolute Gasteiger partial charge is 0.217 e. The first-order valence-corrected chi connectivity index (χ1v) is 18.0. The summed E-state index contributed by atoms with van der Waals surface area (Å²) in [5.41, 5.74) is 3.76. The van der Waals surface area contributed by atoms with Gasteiger partial charge in [0.15, 0.2) is 12.6 Å². The summed E-state index contributed by atoms with van der Waals surface area (Å²) < 4.78 is 45.7. The van der Waals surface area contributed by atoms with Crippen molar-refractivity contribution in [2.75, 3.05) is 6.61 Å². The van der Waals surface area contributed by atoms with Crippen LogP contribution in [0, 0.1) is 0 Å². The van der Waals surface area contributed by atoms with Crippen molar-refractivity contribution in [1.82, 2.24) is 5.32 Å². The van der Waals surface area contributed by atoms with E-state index in [4.69, 9.17) is 33.2 Å². The number of rotatable bonds is 16. The number of aliphatic hydroxyl groups excluding tert-OH is 2. The van der Waals surface area contributed by atoms with Crippen molar-refractivity contribution in [2.45, 2.75) is 102 Å². The molecule has 0 aliphatic carbocycles. The Hall–Kier alpha value is -4.01. The SMILES string of the molecule is CC(=O)N[C@@H]1[C@@H](O[C@@H]2O[C@@H](C)[C@@H](OCc3ccccc3)[C@@H](OCc3ccccc3)[C@@H]2OCc2ccccc2)[C@H](OCc2ccccc2)[C@@H](CO)O[C@H]1O. The topological polar surface area (TPSA) is 134 Å². The van der Waals surface area contributed by atoms with Gasteiger partial charge in [-0.15, -0.1) is 0 Å². The third-order valence-corrected chi connectivity index (χ3v) is 9.38. The Kier molecular flexibility index (Phi) is 14.1. The monoisotopic (exact) mass is 727 g/mol. The van der Waals surface area contributed by atoms with Crippen molar-refractivity contribution in [1.29, 1.82) is 0 Å². The molecule has 2 aliphatic heterocycles. The Balaban J connectivity index is 1.34. The molecule has 1 amide bonds. The molecule has 2 saturated heterocycles. The van der Waals surface area contributed by atoms with Crippen LogP contribution in [0.25, 0.3) is 0 Å². The van der Waals surface area contributed by atoms with Crippen LogP contribution < -0.4 is 5.32 Å². The maximum atomic E-state index is 12.5. The number of benzene rings is 4. The van der Waals surface area contributed by atoms with Crippen molar-refractivity contribution in [3.63, 3.8) is 0 Å². The highest BCUT2D eigenvalue weighted by Gasteiger charge is 2.53. The molecule has 2 fully saturated rings. The van der Waals surface area contributed by atoms with Gasteiger partial charge in [0.1, 0.15) is 42.7 Å². The van der Waals surface area contributed by atoms with Crippen LogP contribution in [-0.4, -0.2) is 84.1 Å². The largest absolute Gasteiger partial charge is 0.394 e. The van der Waals surface area contributed by atoms with E-state index in [2.05, 4.69) is 5.32 Å². The molecule has 4 aromatic rings. The maximum absolute atomic E-state index is 12.5. The van der Waals surface area contributed by atoms with Gasteiger partial charge >= 0.3 is 0 Å². The van der Waals surface area contributed by atoms with Crippen molar-refractivity contribution >= 4 is 5.91 Å². The molecule has 0 saturated carbocycles. The summed E-state index contributed by atoms with van der Waals surface area (Å²) in [6.45, 7) is 3.70. The zero-order valence-electron chi connectivity index (χ0n) is 30.0. The average Bonchev–Trinajstić information content (AvgIpc) is 3.18. The van der Waals surface area contributed by atoms with Crippen LogP contribution in [0.3, 0.4) is 0 Å². The second-order valence-electron chi connectivity index (χ2n) is 13.3. The molecule has 0 spiro atoms. The molecule has 4 aromatic carbocycles. The third-order valence-electron chi connectivity index (χ3n) is 9.38. The van der Waals surface area contributed by atoms with Gasteiger partial charge < -0.3 is 48.7 Å². The lowest BCUT2D eigenvalue weighted by molar-refractivity contribution is -0.355. The minimum absolute atomic E-state index is 0.155.